The van der Waals surface area contributed by atoms with E-state index in [1.165, 1.54) is 54.9 Å². The first-order chi connectivity index (χ1) is 21.3. The van der Waals surface area contributed by atoms with Gasteiger partial charge in [-0.3, -0.25) is 0 Å². The molecule has 1 aliphatic carbocycles. The van der Waals surface area contributed by atoms with Crippen LogP contribution in [0, 0.1) is 0 Å². The molecule has 9 rings (SSSR count). The van der Waals surface area contributed by atoms with Crippen LogP contribution in [0.4, 0.5) is 17.1 Å². The van der Waals surface area contributed by atoms with Gasteiger partial charge in [0.05, 0.1) is 5.69 Å². The molecule has 1 aliphatic rings. The number of furan rings is 1. The summed E-state index contributed by atoms with van der Waals surface area (Å²) < 4.78 is 6.94. The van der Waals surface area contributed by atoms with Gasteiger partial charge in [0, 0.05) is 39.2 Å². The molecule has 202 valence electrons. The van der Waals surface area contributed by atoms with Crippen LogP contribution in [0.5, 0.6) is 0 Å². The maximum absolute atomic E-state index is 6.94. The predicted molar refractivity (Wildman–Crippen MR) is 180 cm³/mol. The standard InChI is InChI=1S/C41H27NO/c1-4-12-27(13-5-1)28-20-21-29-24-30-22-23-35-40-34-19-11-10-18-33(34)37(26-38(40)43-41(35)39(30)36(29)25-28)42(31-14-6-2-7-15-31)32-16-8-3-9-17-32/h1-23,25-26H,24H2. The van der Waals surface area contributed by atoms with Crippen LogP contribution >= 0.6 is 0 Å². The Balaban J connectivity index is 1.32. The van der Waals surface area contributed by atoms with Crippen molar-refractivity contribution >= 4 is 49.8 Å². The molecule has 2 nitrogen and oxygen atoms in total. The normalized spacial score (nSPS) is 12.1. The number of fused-ring (bicyclic) bond motifs is 9. The smallest absolute Gasteiger partial charge is 0.143 e. The summed E-state index contributed by atoms with van der Waals surface area (Å²) in [6, 6.07) is 54.2. The number of anilines is 3. The molecular weight excluding hydrogens is 522 g/mol. The minimum Gasteiger partial charge on any atom is -0.455 e. The fourth-order valence-corrected chi connectivity index (χ4v) is 6.91. The van der Waals surface area contributed by atoms with Crippen molar-refractivity contribution in [3.63, 3.8) is 0 Å². The van der Waals surface area contributed by atoms with E-state index >= 15 is 0 Å². The molecule has 0 amide bonds. The zero-order chi connectivity index (χ0) is 28.3. The van der Waals surface area contributed by atoms with Crippen LogP contribution in [-0.2, 0) is 6.42 Å². The highest BCUT2D eigenvalue weighted by Crippen LogP contribution is 2.49. The van der Waals surface area contributed by atoms with Crippen LogP contribution in [0.2, 0.25) is 0 Å². The molecule has 0 radical (unpaired) electrons. The van der Waals surface area contributed by atoms with E-state index in [1.807, 2.05) is 0 Å². The molecule has 0 atom stereocenters. The van der Waals surface area contributed by atoms with Crippen LogP contribution in [-0.4, -0.2) is 0 Å². The van der Waals surface area contributed by atoms with Gasteiger partial charge in [-0.1, -0.05) is 115 Å². The minimum absolute atomic E-state index is 0.904. The Morgan fingerprint density at radius 3 is 1.84 bits per heavy atom. The average Bonchev–Trinajstić information content (AvgIpc) is 3.64. The van der Waals surface area contributed by atoms with Crippen LogP contribution in [0.1, 0.15) is 11.1 Å². The summed E-state index contributed by atoms with van der Waals surface area (Å²) in [5, 5.41) is 4.73. The van der Waals surface area contributed by atoms with Gasteiger partial charge in [-0.25, -0.2) is 0 Å². The summed E-state index contributed by atoms with van der Waals surface area (Å²) in [7, 11) is 0. The summed E-state index contributed by atoms with van der Waals surface area (Å²) in [5.41, 5.74) is 12.8. The Hall–Kier alpha value is -5.60. The van der Waals surface area contributed by atoms with Crippen molar-refractivity contribution < 1.29 is 4.42 Å². The van der Waals surface area contributed by atoms with Gasteiger partial charge in [0.25, 0.3) is 0 Å². The Bertz CT molecular complexity index is 2260. The molecule has 7 aromatic carbocycles. The Morgan fingerprint density at radius 2 is 1.12 bits per heavy atom. The fraction of sp³-hybridized carbons (Fsp3) is 0.0244. The lowest BCUT2D eigenvalue weighted by Gasteiger charge is -2.26. The first kappa shape index (κ1) is 24.0. The number of benzene rings is 7. The van der Waals surface area contributed by atoms with Crippen molar-refractivity contribution in [2.24, 2.45) is 0 Å². The second-order valence-corrected chi connectivity index (χ2v) is 11.3. The number of hydrogen-bond donors (Lipinski definition) is 0. The molecule has 0 saturated heterocycles. The van der Waals surface area contributed by atoms with Gasteiger partial charge in [0.15, 0.2) is 0 Å². The topological polar surface area (TPSA) is 16.4 Å². The summed E-state index contributed by atoms with van der Waals surface area (Å²) in [5.74, 6) is 0. The summed E-state index contributed by atoms with van der Waals surface area (Å²) in [6.45, 7) is 0. The Kier molecular flexibility index (Phi) is 5.30. The molecular formula is C41H27NO. The molecule has 0 bridgehead atoms. The largest absolute Gasteiger partial charge is 0.455 e. The van der Waals surface area contributed by atoms with Gasteiger partial charge in [-0.05, 0) is 70.0 Å². The van der Waals surface area contributed by atoms with Gasteiger partial charge in [0.1, 0.15) is 11.2 Å². The maximum atomic E-state index is 6.94. The Labute approximate surface area is 250 Å². The van der Waals surface area contributed by atoms with Crippen molar-refractivity contribution in [2.45, 2.75) is 6.42 Å². The maximum Gasteiger partial charge on any atom is 0.143 e. The van der Waals surface area contributed by atoms with E-state index in [0.717, 1.165) is 34.6 Å². The highest BCUT2D eigenvalue weighted by atomic mass is 16.3. The summed E-state index contributed by atoms with van der Waals surface area (Å²) in [4.78, 5) is 2.33. The molecule has 0 unspecified atom stereocenters. The number of nitrogens with zero attached hydrogens (tertiary/aromatic N) is 1. The van der Waals surface area contributed by atoms with Crippen LogP contribution in [0.15, 0.2) is 156 Å². The molecule has 2 heteroatoms. The van der Waals surface area contributed by atoms with Crippen molar-refractivity contribution in [2.75, 3.05) is 4.90 Å². The monoisotopic (exact) mass is 549 g/mol. The van der Waals surface area contributed by atoms with Gasteiger partial charge in [-0.15, -0.1) is 0 Å². The molecule has 43 heavy (non-hydrogen) atoms. The number of para-hydroxylation sites is 2. The first-order valence-corrected chi connectivity index (χ1v) is 14.8. The number of rotatable bonds is 4. The van der Waals surface area contributed by atoms with Crippen LogP contribution < -0.4 is 4.90 Å². The molecule has 0 N–H and O–H groups in total. The van der Waals surface area contributed by atoms with Crippen molar-refractivity contribution in [1.82, 2.24) is 0 Å². The lowest BCUT2D eigenvalue weighted by Crippen LogP contribution is -2.10. The molecule has 0 aliphatic heterocycles. The van der Waals surface area contributed by atoms with Gasteiger partial charge < -0.3 is 9.32 Å². The van der Waals surface area contributed by atoms with E-state index in [2.05, 4.69) is 157 Å². The first-order valence-electron chi connectivity index (χ1n) is 14.8. The predicted octanol–water partition coefficient (Wildman–Crippen LogP) is 11.4. The third-order valence-electron chi connectivity index (χ3n) is 8.85. The molecule has 0 saturated carbocycles. The quantitative estimate of drug-likeness (QED) is 0.217. The van der Waals surface area contributed by atoms with E-state index in [4.69, 9.17) is 4.42 Å². The molecule has 0 fully saturated rings. The summed E-state index contributed by atoms with van der Waals surface area (Å²) >= 11 is 0. The second kappa shape index (κ2) is 9.47. The minimum atomic E-state index is 0.904. The third kappa shape index (κ3) is 3.73. The van der Waals surface area contributed by atoms with Crippen LogP contribution in [0.25, 0.3) is 55.0 Å². The highest BCUT2D eigenvalue weighted by molar-refractivity contribution is 6.24. The lowest BCUT2D eigenvalue weighted by atomic mass is 9.96. The second-order valence-electron chi connectivity index (χ2n) is 11.3. The van der Waals surface area contributed by atoms with E-state index in [9.17, 15) is 0 Å². The van der Waals surface area contributed by atoms with E-state index in [1.54, 1.807) is 0 Å². The molecule has 0 spiro atoms. The van der Waals surface area contributed by atoms with E-state index in [-0.39, 0.29) is 0 Å². The molecule has 1 aromatic heterocycles. The SMILES string of the molecule is c1ccc(-c2ccc3c(c2)-c2c(ccc4c2oc2cc(N(c5ccccc5)c5ccccc5)c5ccccc5c24)C3)cc1. The van der Waals surface area contributed by atoms with Crippen molar-refractivity contribution in [1.29, 1.82) is 0 Å². The van der Waals surface area contributed by atoms with Crippen molar-refractivity contribution in [3.05, 3.63) is 163 Å². The van der Waals surface area contributed by atoms with Gasteiger partial charge in [0.2, 0.25) is 0 Å². The summed E-state index contributed by atoms with van der Waals surface area (Å²) in [6.07, 6.45) is 0.925. The fourth-order valence-electron chi connectivity index (χ4n) is 6.91. The lowest BCUT2D eigenvalue weighted by molar-refractivity contribution is 0.670. The van der Waals surface area contributed by atoms with Gasteiger partial charge >= 0.3 is 0 Å². The van der Waals surface area contributed by atoms with Crippen molar-refractivity contribution in [3.8, 4) is 22.3 Å². The zero-order valence-electron chi connectivity index (χ0n) is 23.5. The van der Waals surface area contributed by atoms with Gasteiger partial charge in [-0.2, -0.15) is 0 Å². The molecule has 1 heterocycles. The highest BCUT2D eigenvalue weighted by Gasteiger charge is 2.26. The van der Waals surface area contributed by atoms with E-state index < -0.39 is 0 Å². The van der Waals surface area contributed by atoms with E-state index in [0.29, 0.717) is 0 Å². The average molecular weight is 550 g/mol. The molecule has 8 aromatic rings. The Morgan fingerprint density at radius 1 is 0.488 bits per heavy atom. The third-order valence-corrected chi connectivity index (χ3v) is 8.85. The van der Waals surface area contributed by atoms with Crippen LogP contribution in [0.3, 0.4) is 0 Å². The zero-order valence-corrected chi connectivity index (χ0v) is 23.5. The number of hydrogen-bond acceptors (Lipinski definition) is 2.